The van der Waals surface area contributed by atoms with Gasteiger partial charge in [0.1, 0.15) is 11.4 Å². The molecule has 0 fully saturated rings. The Kier molecular flexibility index (Phi) is 3.11. The van der Waals surface area contributed by atoms with Crippen LogP contribution < -0.4 is 5.73 Å². The fraction of sp³-hybridized carbons (Fsp3) is 0.100. The van der Waals surface area contributed by atoms with Crippen LogP contribution in [0.1, 0.15) is 10.4 Å². The van der Waals surface area contributed by atoms with E-state index in [2.05, 4.69) is 43.5 Å². The second-order valence-corrected chi connectivity index (χ2v) is 5.29. The highest BCUT2D eigenvalue weighted by molar-refractivity contribution is 14.1. The van der Waals surface area contributed by atoms with Crippen LogP contribution in [0.25, 0.3) is 10.9 Å². The minimum atomic E-state index is -0.433. The number of nitrogen functional groups attached to an aromatic ring is 1. The Balaban J connectivity index is 2.83. The van der Waals surface area contributed by atoms with Crippen molar-refractivity contribution in [2.75, 3.05) is 12.8 Å². The highest BCUT2D eigenvalue weighted by Gasteiger charge is 2.18. The summed E-state index contributed by atoms with van der Waals surface area (Å²) in [6.07, 6.45) is 0. The molecule has 2 rings (SSSR count). The molecule has 0 aliphatic rings. The number of fused-ring (bicyclic) bond motifs is 1. The summed E-state index contributed by atoms with van der Waals surface area (Å²) in [6, 6.07) is 3.79. The third kappa shape index (κ3) is 1.80. The number of benzene rings is 1. The number of esters is 1. The fourth-order valence-electron chi connectivity index (χ4n) is 1.56. The van der Waals surface area contributed by atoms with E-state index in [1.807, 2.05) is 12.1 Å². The average Bonchev–Trinajstić information content (AvgIpc) is 2.54. The van der Waals surface area contributed by atoms with Crippen LogP contribution in [-0.2, 0) is 4.74 Å². The molecule has 3 N–H and O–H groups in total. The van der Waals surface area contributed by atoms with Crippen LogP contribution in [0.3, 0.4) is 0 Å². The average molecular weight is 395 g/mol. The lowest BCUT2D eigenvalue weighted by atomic mass is 10.1. The maximum atomic E-state index is 11.6. The minimum Gasteiger partial charge on any atom is -0.465 e. The summed E-state index contributed by atoms with van der Waals surface area (Å²) >= 11 is 5.57. The van der Waals surface area contributed by atoms with E-state index in [1.165, 1.54) is 7.11 Å². The van der Waals surface area contributed by atoms with E-state index in [0.29, 0.717) is 11.4 Å². The number of anilines is 1. The number of ether oxygens (including phenoxy) is 1. The molecule has 1 aromatic carbocycles. The summed E-state index contributed by atoms with van der Waals surface area (Å²) in [7, 11) is 1.34. The molecule has 0 unspecified atom stereocenters. The van der Waals surface area contributed by atoms with Crippen molar-refractivity contribution >= 4 is 61.2 Å². The maximum absolute atomic E-state index is 11.6. The number of H-pyrrole nitrogens is 1. The maximum Gasteiger partial charge on any atom is 0.342 e. The third-order valence-corrected chi connectivity index (χ3v) is 3.55. The van der Waals surface area contributed by atoms with Crippen molar-refractivity contribution in [1.29, 1.82) is 0 Å². The summed E-state index contributed by atoms with van der Waals surface area (Å²) in [5, 5.41) is 0.767. The van der Waals surface area contributed by atoms with Crippen molar-refractivity contribution in [2.45, 2.75) is 0 Å². The molecule has 2 aromatic rings. The molecule has 0 aliphatic heterocycles. The van der Waals surface area contributed by atoms with Gasteiger partial charge < -0.3 is 15.5 Å². The lowest BCUT2D eigenvalue weighted by Gasteiger charge is -1.99. The van der Waals surface area contributed by atoms with Gasteiger partial charge in [-0.3, -0.25) is 0 Å². The first kappa shape index (κ1) is 11.7. The van der Waals surface area contributed by atoms with Gasteiger partial charge >= 0.3 is 5.97 Å². The number of halogens is 2. The van der Waals surface area contributed by atoms with E-state index in [4.69, 9.17) is 10.5 Å². The molecule has 0 amide bonds. The number of methoxy groups -OCH3 is 1. The number of nitrogens with one attached hydrogen (secondary N) is 1. The van der Waals surface area contributed by atoms with Gasteiger partial charge in [0, 0.05) is 13.4 Å². The summed E-state index contributed by atoms with van der Waals surface area (Å²) in [4.78, 5) is 14.6. The second kappa shape index (κ2) is 4.25. The molecule has 1 heterocycles. The standard InChI is InChI=1S/C10H8BrIN2O2/c1-16-10(15)7-5-2-4(11)3-6(12)8(5)14-9(7)13/h2-3,14H,13H2,1H3. The smallest absolute Gasteiger partial charge is 0.342 e. The number of hydrogen-bond donors (Lipinski definition) is 2. The van der Waals surface area contributed by atoms with Gasteiger partial charge in [0.2, 0.25) is 0 Å². The first-order chi connectivity index (χ1) is 7.54. The van der Waals surface area contributed by atoms with Gasteiger partial charge in [-0.15, -0.1) is 0 Å². The summed E-state index contributed by atoms with van der Waals surface area (Å²) in [5.74, 6) is -0.101. The Hall–Kier alpha value is -0.760. The second-order valence-electron chi connectivity index (χ2n) is 3.22. The Morgan fingerprint density at radius 1 is 1.56 bits per heavy atom. The first-order valence-electron chi connectivity index (χ1n) is 4.39. The van der Waals surface area contributed by atoms with E-state index in [-0.39, 0.29) is 0 Å². The van der Waals surface area contributed by atoms with Crippen molar-refractivity contribution < 1.29 is 9.53 Å². The Bertz CT molecular complexity index is 580. The fourth-order valence-corrected chi connectivity index (χ4v) is 3.21. The van der Waals surface area contributed by atoms with E-state index in [0.717, 1.165) is 18.9 Å². The van der Waals surface area contributed by atoms with Gasteiger partial charge in [-0.2, -0.15) is 0 Å². The van der Waals surface area contributed by atoms with Crippen molar-refractivity contribution in [1.82, 2.24) is 4.98 Å². The van der Waals surface area contributed by atoms with Crippen LogP contribution in [0.5, 0.6) is 0 Å². The van der Waals surface area contributed by atoms with Gasteiger partial charge in [-0.05, 0) is 34.7 Å². The number of carbonyl (C=O) groups excluding carboxylic acids is 1. The van der Waals surface area contributed by atoms with Gasteiger partial charge in [0.05, 0.1) is 12.6 Å². The van der Waals surface area contributed by atoms with Gasteiger partial charge in [-0.25, -0.2) is 4.79 Å². The molecular weight excluding hydrogens is 387 g/mol. The molecule has 0 aliphatic carbocycles. The normalized spacial score (nSPS) is 10.7. The SMILES string of the molecule is COC(=O)c1c(N)[nH]c2c(I)cc(Br)cc12. The molecule has 0 atom stereocenters. The highest BCUT2D eigenvalue weighted by Crippen LogP contribution is 2.31. The zero-order valence-electron chi connectivity index (χ0n) is 8.30. The lowest BCUT2D eigenvalue weighted by molar-refractivity contribution is 0.0604. The largest absolute Gasteiger partial charge is 0.465 e. The number of aromatic nitrogens is 1. The molecule has 0 saturated heterocycles. The van der Waals surface area contributed by atoms with Crippen LogP contribution in [0.2, 0.25) is 0 Å². The highest BCUT2D eigenvalue weighted by atomic mass is 127. The molecule has 1 aromatic heterocycles. The van der Waals surface area contributed by atoms with Crippen molar-refractivity contribution in [3.8, 4) is 0 Å². The molecule has 6 heteroatoms. The molecule has 16 heavy (non-hydrogen) atoms. The van der Waals surface area contributed by atoms with Gasteiger partial charge in [0.25, 0.3) is 0 Å². The van der Waals surface area contributed by atoms with Crippen molar-refractivity contribution in [3.63, 3.8) is 0 Å². The first-order valence-corrected chi connectivity index (χ1v) is 6.26. The molecule has 84 valence electrons. The van der Waals surface area contributed by atoms with Gasteiger partial charge in [-0.1, -0.05) is 15.9 Å². The number of rotatable bonds is 1. The van der Waals surface area contributed by atoms with E-state index >= 15 is 0 Å². The van der Waals surface area contributed by atoms with Crippen LogP contribution in [-0.4, -0.2) is 18.1 Å². The van der Waals surface area contributed by atoms with E-state index < -0.39 is 5.97 Å². The molecule has 0 radical (unpaired) electrons. The third-order valence-electron chi connectivity index (χ3n) is 2.24. The Labute approximate surface area is 114 Å². The predicted molar refractivity (Wildman–Crippen MR) is 74.5 cm³/mol. The number of hydrogen-bond acceptors (Lipinski definition) is 3. The molecule has 4 nitrogen and oxygen atoms in total. The molecule has 0 spiro atoms. The monoisotopic (exact) mass is 394 g/mol. The number of nitrogens with two attached hydrogens (primary N) is 1. The quantitative estimate of drug-likeness (QED) is 0.577. The number of aromatic amines is 1. The van der Waals surface area contributed by atoms with Crippen LogP contribution in [0.15, 0.2) is 16.6 Å². The van der Waals surface area contributed by atoms with Gasteiger partial charge in [0.15, 0.2) is 0 Å². The number of carbonyl (C=O) groups is 1. The lowest BCUT2D eigenvalue weighted by Crippen LogP contribution is -2.03. The molecular formula is C10H8BrIN2O2. The molecule has 0 saturated carbocycles. The zero-order chi connectivity index (χ0) is 11.9. The topological polar surface area (TPSA) is 68.1 Å². The van der Waals surface area contributed by atoms with E-state index in [1.54, 1.807) is 0 Å². The Morgan fingerprint density at radius 2 is 2.25 bits per heavy atom. The summed E-state index contributed by atoms with van der Waals surface area (Å²) < 4.78 is 6.59. The van der Waals surface area contributed by atoms with Crippen LogP contribution >= 0.6 is 38.5 Å². The van der Waals surface area contributed by atoms with Crippen LogP contribution in [0.4, 0.5) is 5.82 Å². The summed E-state index contributed by atoms with van der Waals surface area (Å²) in [5.41, 5.74) is 7.01. The minimum absolute atomic E-state index is 0.331. The Morgan fingerprint density at radius 3 is 2.88 bits per heavy atom. The van der Waals surface area contributed by atoms with E-state index in [9.17, 15) is 4.79 Å². The predicted octanol–water partition coefficient (Wildman–Crippen LogP) is 2.90. The summed E-state index contributed by atoms with van der Waals surface area (Å²) in [6.45, 7) is 0. The molecule has 0 bridgehead atoms. The van der Waals surface area contributed by atoms with Crippen molar-refractivity contribution in [2.24, 2.45) is 0 Å². The zero-order valence-corrected chi connectivity index (χ0v) is 12.0. The van der Waals surface area contributed by atoms with Crippen molar-refractivity contribution in [3.05, 3.63) is 25.7 Å². The van der Waals surface area contributed by atoms with Crippen LogP contribution in [0, 0.1) is 3.57 Å².